The summed E-state index contributed by atoms with van der Waals surface area (Å²) in [4.78, 5) is 12.8. The van der Waals surface area contributed by atoms with E-state index in [-0.39, 0.29) is 17.1 Å². The van der Waals surface area contributed by atoms with Crippen molar-refractivity contribution in [2.24, 2.45) is 0 Å². The summed E-state index contributed by atoms with van der Waals surface area (Å²) in [6, 6.07) is 12.4. The van der Waals surface area contributed by atoms with E-state index < -0.39 is 16.0 Å². The number of rotatable bonds is 6. The molecule has 0 aliphatic carbocycles. The number of esters is 1. The Kier molecular flexibility index (Phi) is 5.90. The number of benzene rings is 3. The maximum absolute atomic E-state index is 13.4. The molecule has 4 rings (SSSR count). The normalized spacial score (nSPS) is 11.8. The van der Waals surface area contributed by atoms with Gasteiger partial charge in [-0.25, -0.2) is 13.2 Å². The van der Waals surface area contributed by atoms with E-state index in [4.69, 9.17) is 13.9 Å². The second kappa shape index (κ2) is 8.53. The van der Waals surface area contributed by atoms with Crippen LogP contribution in [0.2, 0.25) is 0 Å². The highest BCUT2D eigenvalue weighted by atomic mass is 32.2. The molecule has 0 aliphatic heterocycles. The number of carbonyl (C=O) groups excluding carboxylic acids is 1. The average molecular weight is 468 g/mol. The van der Waals surface area contributed by atoms with Gasteiger partial charge in [-0.05, 0) is 49.6 Å². The molecule has 0 unspecified atom stereocenters. The molecule has 1 heterocycles. The first kappa shape index (κ1) is 22.8. The van der Waals surface area contributed by atoms with Crippen molar-refractivity contribution in [3.05, 3.63) is 70.5 Å². The van der Waals surface area contributed by atoms with Crippen molar-refractivity contribution < 1.29 is 27.1 Å². The summed E-state index contributed by atoms with van der Waals surface area (Å²) in [5.41, 5.74) is 3.56. The predicted octanol–water partition coefficient (Wildman–Crippen LogP) is 5.25. The molecule has 172 valence electrons. The van der Waals surface area contributed by atoms with Gasteiger partial charge in [0.2, 0.25) is 0 Å². The van der Waals surface area contributed by atoms with Crippen LogP contribution in [-0.4, -0.2) is 28.6 Å². The number of carbonyl (C=O) groups is 1. The number of nitrogens with one attached hydrogen (secondary N) is 1. The molecule has 1 aromatic heterocycles. The van der Waals surface area contributed by atoms with Crippen molar-refractivity contribution >= 4 is 43.4 Å². The second-order valence-electron chi connectivity index (χ2n) is 7.98. The summed E-state index contributed by atoms with van der Waals surface area (Å²) in [6.45, 7) is 5.65. The van der Waals surface area contributed by atoms with E-state index in [1.807, 2.05) is 38.1 Å². The molecule has 0 bridgehead atoms. The Bertz CT molecular complexity index is 1500. The zero-order valence-corrected chi connectivity index (χ0v) is 19.9. The number of anilines is 1. The van der Waals surface area contributed by atoms with Crippen molar-refractivity contribution in [1.29, 1.82) is 0 Å². The van der Waals surface area contributed by atoms with Crippen LogP contribution < -0.4 is 4.72 Å². The standard InChI is InChI=1S/C25H25NO6S/c1-14-10-16(3)22(11-15(14)2)33(28,29)26-20-12-19-23(25(27)31-5)21(13-30-4)32-24(19)18-9-7-6-8-17(18)20/h6-12,26H,13H2,1-5H3. The lowest BCUT2D eigenvalue weighted by atomic mass is 10.0. The minimum absolute atomic E-state index is 0.0658. The van der Waals surface area contributed by atoms with Crippen LogP contribution in [0.3, 0.4) is 0 Å². The van der Waals surface area contributed by atoms with E-state index in [1.165, 1.54) is 14.2 Å². The van der Waals surface area contributed by atoms with Crippen LogP contribution in [0, 0.1) is 20.8 Å². The van der Waals surface area contributed by atoms with Gasteiger partial charge in [-0.1, -0.05) is 30.3 Å². The quantitative estimate of drug-likeness (QED) is 0.390. The number of furan rings is 1. The Morgan fingerprint density at radius 1 is 0.939 bits per heavy atom. The average Bonchev–Trinajstić information content (AvgIpc) is 3.14. The third-order valence-corrected chi connectivity index (χ3v) is 7.27. The Labute approximate surface area is 192 Å². The van der Waals surface area contributed by atoms with Gasteiger partial charge in [0, 0.05) is 23.3 Å². The molecule has 0 radical (unpaired) electrons. The lowest BCUT2D eigenvalue weighted by molar-refractivity contribution is 0.0594. The number of hydrogen-bond acceptors (Lipinski definition) is 6. The summed E-state index contributed by atoms with van der Waals surface area (Å²) < 4.78 is 45.7. The first-order valence-electron chi connectivity index (χ1n) is 10.3. The fraction of sp³-hybridized carbons (Fsp3) is 0.240. The molecule has 0 spiro atoms. The Balaban J connectivity index is 1.97. The van der Waals surface area contributed by atoms with E-state index >= 15 is 0 Å². The first-order chi connectivity index (χ1) is 15.7. The fourth-order valence-corrected chi connectivity index (χ4v) is 5.42. The van der Waals surface area contributed by atoms with Crippen LogP contribution in [-0.2, 0) is 26.1 Å². The summed E-state index contributed by atoms with van der Waals surface area (Å²) in [5.74, 6) is -0.274. The molecule has 7 nitrogen and oxygen atoms in total. The van der Waals surface area contributed by atoms with E-state index in [0.29, 0.717) is 38.8 Å². The molecule has 4 aromatic rings. The third kappa shape index (κ3) is 3.96. The molecule has 0 fully saturated rings. The second-order valence-corrected chi connectivity index (χ2v) is 9.63. The van der Waals surface area contributed by atoms with Gasteiger partial charge in [0.05, 0.1) is 17.7 Å². The molecule has 0 saturated carbocycles. The lowest BCUT2D eigenvalue weighted by Gasteiger charge is -2.14. The zero-order chi connectivity index (χ0) is 23.9. The van der Waals surface area contributed by atoms with Crippen LogP contribution in [0.5, 0.6) is 0 Å². The van der Waals surface area contributed by atoms with Crippen molar-refractivity contribution in [1.82, 2.24) is 0 Å². The molecule has 3 aromatic carbocycles. The maximum atomic E-state index is 13.4. The number of hydrogen-bond donors (Lipinski definition) is 1. The minimum atomic E-state index is -3.91. The van der Waals surface area contributed by atoms with E-state index in [2.05, 4.69) is 4.72 Å². The Morgan fingerprint density at radius 2 is 1.61 bits per heavy atom. The molecular weight excluding hydrogens is 442 g/mol. The molecule has 33 heavy (non-hydrogen) atoms. The van der Waals surface area contributed by atoms with Crippen LogP contribution in [0.15, 0.2) is 51.8 Å². The predicted molar refractivity (Wildman–Crippen MR) is 127 cm³/mol. The first-order valence-corrected chi connectivity index (χ1v) is 11.8. The Hall–Kier alpha value is -3.36. The van der Waals surface area contributed by atoms with Crippen molar-refractivity contribution in [2.75, 3.05) is 18.9 Å². The van der Waals surface area contributed by atoms with E-state index in [0.717, 1.165) is 11.1 Å². The van der Waals surface area contributed by atoms with Gasteiger partial charge >= 0.3 is 5.97 Å². The monoisotopic (exact) mass is 467 g/mol. The van der Waals surface area contributed by atoms with Crippen molar-refractivity contribution in [3.63, 3.8) is 0 Å². The van der Waals surface area contributed by atoms with Crippen LogP contribution in [0.25, 0.3) is 21.7 Å². The fourth-order valence-electron chi connectivity index (χ4n) is 4.04. The SMILES string of the molecule is COCc1oc2c(cc(NS(=O)(=O)c3cc(C)c(C)cc3C)c3ccccc32)c1C(=O)OC. The number of ether oxygens (including phenoxy) is 2. The summed E-state index contributed by atoms with van der Waals surface area (Å²) >= 11 is 0. The number of aryl methyl sites for hydroxylation is 3. The van der Waals surface area contributed by atoms with E-state index in [9.17, 15) is 13.2 Å². The van der Waals surface area contributed by atoms with E-state index in [1.54, 1.807) is 25.1 Å². The summed E-state index contributed by atoms with van der Waals surface area (Å²) in [5, 5.41) is 1.75. The highest BCUT2D eigenvalue weighted by molar-refractivity contribution is 7.92. The zero-order valence-electron chi connectivity index (χ0n) is 19.1. The molecule has 0 saturated heterocycles. The molecule has 8 heteroatoms. The third-order valence-electron chi connectivity index (χ3n) is 5.76. The highest BCUT2D eigenvalue weighted by Crippen LogP contribution is 2.38. The van der Waals surface area contributed by atoms with Gasteiger partial charge in [-0.2, -0.15) is 0 Å². The molecular formula is C25H25NO6S. The van der Waals surface area contributed by atoms with Gasteiger partial charge in [0.1, 0.15) is 23.5 Å². The largest absolute Gasteiger partial charge is 0.465 e. The minimum Gasteiger partial charge on any atom is -0.465 e. The Morgan fingerprint density at radius 3 is 2.27 bits per heavy atom. The van der Waals surface area contributed by atoms with Gasteiger partial charge in [0.15, 0.2) is 0 Å². The van der Waals surface area contributed by atoms with Crippen LogP contribution >= 0.6 is 0 Å². The van der Waals surface area contributed by atoms with Crippen LogP contribution in [0.1, 0.15) is 32.8 Å². The topological polar surface area (TPSA) is 94.8 Å². The number of sulfonamides is 1. The number of methoxy groups -OCH3 is 2. The van der Waals surface area contributed by atoms with Crippen molar-refractivity contribution in [3.8, 4) is 0 Å². The lowest BCUT2D eigenvalue weighted by Crippen LogP contribution is -2.15. The van der Waals surface area contributed by atoms with Crippen molar-refractivity contribution in [2.45, 2.75) is 32.3 Å². The summed E-state index contributed by atoms with van der Waals surface area (Å²) in [6.07, 6.45) is 0. The molecule has 1 N–H and O–H groups in total. The smallest absolute Gasteiger partial charge is 0.342 e. The van der Waals surface area contributed by atoms with Gasteiger partial charge in [0.25, 0.3) is 10.0 Å². The van der Waals surface area contributed by atoms with Crippen LogP contribution in [0.4, 0.5) is 5.69 Å². The maximum Gasteiger partial charge on any atom is 0.342 e. The number of fused-ring (bicyclic) bond motifs is 3. The van der Waals surface area contributed by atoms with Gasteiger partial charge < -0.3 is 13.9 Å². The molecule has 0 atom stereocenters. The molecule has 0 amide bonds. The highest BCUT2D eigenvalue weighted by Gasteiger charge is 2.26. The molecule has 0 aliphatic rings. The summed E-state index contributed by atoms with van der Waals surface area (Å²) in [7, 11) is -1.13. The van der Waals surface area contributed by atoms with Gasteiger partial charge in [-0.15, -0.1) is 0 Å². The van der Waals surface area contributed by atoms with Gasteiger partial charge in [-0.3, -0.25) is 4.72 Å².